The van der Waals surface area contributed by atoms with E-state index < -0.39 is 9.84 Å². The Morgan fingerprint density at radius 3 is 2.47 bits per heavy atom. The van der Waals surface area contributed by atoms with Crippen LogP contribution in [0.3, 0.4) is 0 Å². The normalized spacial score (nSPS) is 17.3. The van der Waals surface area contributed by atoms with Crippen molar-refractivity contribution >= 4 is 37.4 Å². The van der Waals surface area contributed by atoms with Gasteiger partial charge in [-0.3, -0.25) is 0 Å². The van der Waals surface area contributed by atoms with E-state index in [0.29, 0.717) is 4.91 Å². The van der Waals surface area contributed by atoms with Crippen LogP contribution in [-0.2, 0) is 9.84 Å². The maximum Gasteiger partial charge on any atom is 0.201 e. The lowest BCUT2D eigenvalue weighted by molar-refractivity contribution is 0.614. The molecular weight excluding hydrogens is 272 g/mol. The molecule has 17 heavy (non-hydrogen) atoms. The van der Waals surface area contributed by atoms with E-state index in [1.54, 1.807) is 23.5 Å². The predicted molar refractivity (Wildman–Crippen MR) is 73.7 cm³/mol. The van der Waals surface area contributed by atoms with Crippen molar-refractivity contribution in [1.29, 1.82) is 0 Å². The van der Waals surface area contributed by atoms with E-state index in [4.69, 9.17) is 0 Å². The van der Waals surface area contributed by atoms with Crippen molar-refractivity contribution in [2.24, 2.45) is 0 Å². The highest BCUT2D eigenvalue weighted by Crippen LogP contribution is 2.37. The van der Waals surface area contributed by atoms with E-state index in [9.17, 15) is 8.42 Å². The van der Waals surface area contributed by atoms with Gasteiger partial charge in [-0.05, 0) is 35.7 Å². The molecule has 0 unspecified atom stereocenters. The van der Waals surface area contributed by atoms with Crippen molar-refractivity contribution in [3.05, 3.63) is 52.1 Å². The van der Waals surface area contributed by atoms with Crippen molar-refractivity contribution in [1.82, 2.24) is 0 Å². The number of rotatable bonds is 2. The summed E-state index contributed by atoms with van der Waals surface area (Å²) in [5.41, 5.74) is 0. The van der Waals surface area contributed by atoms with Gasteiger partial charge in [0, 0.05) is 20.0 Å². The highest BCUT2D eigenvalue weighted by molar-refractivity contribution is 8.03. The minimum Gasteiger partial charge on any atom is -0.219 e. The molecule has 2 aromatic heterocycles. The maximum absolute atomic E-state index is 11.7. The molecule has 0 radical (unpaired) electrons. The molecule has 0 saturated heterocycles. The zero-order valence-electron chi connectivity index (χ0n) is 8.66. The van der Waals surface area contributed by atoms with E-state index >= 15 is 0 Å². The van der Waals surface area contributed by atoms with E-state index in [0.717, 1.165) is 9.75 Å². The molecular formula is C12H8O2S3. The van der Waals surface area contributed by atoms with Gasteiger partial charge >= 0.3 is 0 Å². The number of hydrogen-bond acceptors (Lipinski definition) is 4. The van der Waals surface area contributed by atoms with Gasteiger partial charge < -0.3 is 0 Å². The van der Waals surface area contributed by atoms with Crippen molar-refractivity contribution in [2.75, 3.05) is 0 Å². The molecule has 0 bridgehead atoms. The summed E-state index contributed by atoms with van der Waals surface area (Å²) in [6.45, 7) is 0. The van der Waals surface area contributed by atoms with Crippen LogP contribution in [0.5, 0.6) is 0 Å². The number of sulfone groups is 1. The lowest BCUT2D eigenvalue weighted by atomic mass is 10.3. The second-order valence-electron chi connectivity index (χ2n) is 3.55. The Morgan fingerprint density at radius 2 is 1.82 bits per heavy atom. The molecule has 0 spiro atoms. The average molecular weight is 280 g/mol. The van der Waals surface area contributed by atoms with Crippen molar-refractivity contribution in [2.45, 2.75) is 0 Å². The quantitative estimate of drug-likeness (QED) is 0.839. The molecule has 86 valence electrons. The zero-order valence-corrected chi connectivity index (χ0v) is 11.1. The largest absolute Gasteiger partial charge is 0.219 e. The van der Waals surface area contributed by atoms with Crippen LogP contribution >= 0.6 is 22.7 Å². The van der Waals surface area contributed by atoms with E-state index in [1.165, 1.54) is 21.6 Å². The molecule has 0 fully saturated rings. The van der Waals surface area contributed by atoms with Gasteiger partial charge in [0.05, 0.1) is 4.91 Å². The van der Waals surface area contributed by atoms with Gasteiger partial charge in [0.1, 0.15) is 0 Å². The molecule has 1 aliphatic heterocycles. The van der Waals surface area contributed by atoms with Gasteiger partial charge in [-0.1, -0.05) is 6.07 Å². The highest BCUT2D eigenvalue weighted by Gasteiger charge is 2.21. The van der Waals surface area contributed by atoms with Gasteiger partial charge in [0.2, 0.25) is 9.84 Å². The molecule has 5 heteroatoms. The monoisotopic (exact) mass is 280 g/mol. The molecule has 0 saturated carbocycles. The zero-order chi connectivity index (χ0) is 11.9. The molecule has 0 aliphatic carbocycles. The van der Waals surface area contributed by atoms with E-state index in [1.807, 2.05) is 29.6 Å². The Balaban J connectivity index is 2.03. The third-order valence-corrected chi connectivity index (χ3v) is 6.22. The Morgan fingerprint density at radius 1 is 1.00 bits per heavy atom. The Kier molecular flexibility index (Phi) is 2.54. The Bertz CT molecular complexity index is 701. The summed E-state index contributed by atoms with van der Waals surface area (Å²) in [6.07, 6.45) is 3.23. The Labute approximate surface area is 107 Å². The molecule has 0 amide bonds. The second-order valence-corrected chi connectivity index (χ2v) is 7.38. The van der Waals surface area contributed by atoms with Crippen LogP contribution in [0.1, 0.15) is 4.88 Å². The predicted octanol–water partition coefficient (Wildman–Crippen LogP) is 3.76. The summed E-state index contributed by atoms with van der Waals surface area (Å²) in [5, 5.41) is 3.26. The standard InChI is InChI=1S/C12H8O2S3/c13-17(14)8-2-4-12(17)11-6-5-10(16-11)9-3-1-7-15-9/h1-8H. The second kappa shape index (κ2) is 3.94. The SMILES string of the molecule is O=S1(=O)C=CC=C1c1ccc(-c2cccs2)s1. The van der Waals surface area contributed by atoms with Gasteiger partial charge in [0.25, 0.3) is 0 Å². The van der Waals surface area contributed by atoms with Crippen molar-refractivity contribution in [3.8, 4) is 9.75 Å². The minimum absolute atomic E-state index is 0.408. The van der Waals surface area contributed by atoms with Crippen molar-refractivity contribution in [3.63, 3.8) is 0 Å². The molecule has 0 atom stereocenters. The van der Waals surface area contributed by atoms with Crippen LogP contribution in [0.4, 0.5) is 0 Å². The summed E-state index contributed by atoms with van der Waals surface area (Å²) >= 11 is 3.17. The molecule has 0 N–H and O–H groups in total. The van der Waals surface area contributed by atoms with Crippen LogP contribution in [0, 0.1) is 0 Å². The third kappa shape index (κ3) is 1.90. The molecule has 3 heterocycles. The summed E-state index contributed by atoms with van der Waals surface area (Å²) in [7, 11) is -3.20. The van der Waals surface area contributed by atoms with Gasteiger partial charge in [-0.2, -0.15) is 0 Å². The first-order valence-corrected chi connectivity index (χ1v) is 8.19. The Hall–Kier alpha value is -1.17. The summed E-state index contributed by atoms with van der Waals surface area (Å²) in [4.78, 5) is 3.49. The van der Waals surface area contributed by atoms with Crippen LogP contribution in [-0.4, -0.2) is 8.42 Å². The summed E-state index contributed by atoms with van der Waals surface area (Å²) < 4.78 is 23.4. The maximum atomic E-state index is 11.7. The number of thiophene rings is 2. The fraction of sp³-hybridized carbons (Fsp3) is 0. The lowest BCUT2D eigenvalue weighted by Crippen LogP contribution is -1.92. The van der Waals surface area contributed by atoms with Gasteiger partial charge in [-0.15, -0.1) is 22.7 Å². The first-order chi connectivity index (χ1) is 8.17. The summed E-state index contributed by atoms with van der Waals surface area (Å²) in [6, 6.07) is 7.87. The van der Waals surface area contributed by atoms with Crippen LogP contribution in [0.25, 0.3) is 14.7 Å². The molecule has 3 rings (SSSR count). The highest BCUT2D eigenvalue weighted by atomic mass is 32.2. The first-order valence-electron chi connectivity index (χ1n) is 4.94. The molecule has 1 aliphatic rings. The van der Waals surface area contributed by atoms with E-state index in [2.05, 4.69) is 0 Å². The lowest BCUT2D eigenvalue weighted by Gasteiger charge is -1.96. The van der Waals surface area contributed by atoms with Crippen LogP contribution in [0.2, 0.25) is 0 Å². The van der Waals surface area contributed by atoms with Crippen LogP contribution < -0.4 is 0 Å². The fourth-order valence-corrected chi connectivity index (χ4v) is 4.93. The average Bonchev–Trinajstić information content (AvgIpc) is 2.94. The van der Waals surface area contributed by atoms with Gasteiger partial charge in [0.15, 0.2) is 0 Å². The smallest absolute Gasteiger partial charge is 0.201 e. The van der Waals surface area contributed by atoms with E-state index in [-0.39, 0.29) is 0 Å². The topological polar surface area (TPSA) is 34.1 Å². The summed E-state index contributed by atoms with van der Waals surface area (Å²) in [5.74, 6) is 0. The number of hydrogen-bond donors (Lipinski definition) is 0. The molecule has 0 aromatic carbocycles. The molecule has 2 aromatic rings. The third-order valence-electron chi connectivity index (χ3n) is 2.42. The van der Waals surface area contributed by atoms with Crippen molar-refractivity contribution < 1.29 is 8.42 Å². The minimum atomic E-state index is -3.20. The molecule has 2 nitrogen and oxygen atoms in total. The first kappa shape index (κ1) is 11.0. The van der Waals surface area contributed by atoms with Crippen LogP contribution in [0.15, 0.2) is 47.2 Å². The number of allylic oxidation sites excluding steroid dienone is 2. The van der Waals surface area contributed by atoms with Gasteiger partial charge in [-0.25, -0.2) is 8.42 Å². The fourth-order valence-electron chi connectivity index (χ4n) is 1.64.